The molecule has 27 heavy (non-hydrogen) atoms. The Hall–Kier alpha value is -2.39. The fraction of sp³-hybridized carbons (Fsp3) is 0.647. The summed E-state index contributed by atoms with van der Waals surface area (Å²) in [5.41, 5.74) is 0.0626. The number of anilines is 1. The van der Waals surface area contributed by atoms with Crippen molar-refractivity contribution in [3.8, 4) is 0 Å². The van der Waals surface area contributed by atoms with E-state index in [-0.39, 0.29) is 22.9 Å². The number of rotatable bonds is 3. The van der Waals surface area contributed by atoms with Crippen LogP contribution in [0, 0.1) is 11.3 Å². The number of alkyl halides is 3. The molecule has 0 bridgehead atoms. The molecule has 1 saturated heterocycles. The van der Waals surface area contributed by atoms with Gasteiger partial charge < -0.3 is 10.2 Å². The molecule has 3 heterocycles. The minimum absolute atomic E-state index is 0.0186. The van der Waals surface area contributed by atoms with Crippen LogP contribution in [-0.4, -0.2) is 45.4 Å². The van der Waals surface area contributed by atoms with Gasteiger partial charge in [-0.05, 0) is 30.4 Å². The van der Waals surface area contributed by atoms with Crippen LogP contribution in [0.15, 0.2) is 12.1 Å². The molecule has 1 aliphatic rings. The number of piperidine rings is 1. The first-order valence-corrected chi connectivity index (χ1v) is 8.87. The third kappa shape index (κ3) is 4.48. The Balaban J connectivity index is 1.67. The first-order chi connectivity index (χ1) is 12.5. The maximum absolute atomic E-state index is 13.0. The second kappa shape index (κ2) is 6.97. The van der Waals surface area contributed by atoms with E-state index in [1.165, 1.54) is 6.07 Å². The number of halogens is 3. The highest BCUT2D eigenvalue weighted by molar-refractivity contribution is 5.79. The highest BCUT2D eigenvalue weighted by atomic mass is 19.4. The van der Waals surface area contributed by atoms with Crippen LogP contribution in [0.5, 0.6) is 0 Å². The van der Waals surface area contributed by atoms with Crippen molar-refractivity contribution in [3.05, 3.63) is 18.0 Å². The van der Waals surface area contributed by atoms with Gasteiger partial charge >= 0.3 is 6.18 Å². The predicted molar refractivity (Wildman–Crippen MR) is 93.2 cm³/mol. The molecule has 3 rings (SSSR count). The van der Waals surface area contributed by atoms with E-state index in [4.69, 9.17) is 0 Å². The number of carbonyl (C=O) groups excluding carboxylic acids is 1. The Kier molecular flexibility index (Phi) is 5.00. The topological polar surface area (TPSA) is 75.4 Å². The van der Waals surface area contributed by atoms with E-state index in [0.29, 0.717) is 38.3 Å². The van der Waals surface area contributed by atoms with Crippen molar-refractivity contribution in [2.75, 3.05) is 24.5 Å². The molecular formula is C17H23F3N6O. The number of nitrogens with zero attached hydrogens (tertiary/aromatic N) is 5. The molecule has 0 aromatic carbocycles. The van der Waals surface area contributed by atoms with Gasteiger partial charge in [0.05, 0.1) is 0 Å². The SMILES string of the molecule is CC(C)(C)CNC(=O)C1CCN(c2ccc3nnc(C(F)(F)F)n3n2)CC1. The van der Waals surface area contributed by atoms with Crippen molar-refractivity contribution in [3.63, 3.8) is 0 Å². The number of nitrogens with one attached hydrogen (secondary N) is 1. The second-order valence-corrected chi connectivity index (χ2v) is 8.02. The molecule has 0 radical (unpaired) electrons. The van der Waals surface area contributed by atoms with Crippen molar-refractivity contribution in [1.29, 1.82) is 0 Å². The molecule has 2 aromatic heterocycles. The van der Waals surface area contributed by atoms with Gasteiger partial charge in [0.2, 0.25) is 5.91 Å². The minimum atomic E-state index is -4.62. The van der Waals surface area contributed by atoms with E-state index in [1.54, 1.807) is 6.07 Å². The van der Waals surface area contributed by atoms with E-state index in [9.17, 15) is 18.0 Å². The summed E-state index contributed by atoms with van der Waals surface area (Å²) in [6, 6.07) is 3.09. The summed E-state index contributed by atoms with van der Waals surface area (Å²) in [6.07, 6.45) is -3.36. The van der Waals surface area contributed by atoms with Crippen LogP contribution in [0.1, 0.15) is 39.4 Å². The minimum Gasteiger partial charge on any atom is -0.355 e. The molecule has 0 aliphatic carbocycles. The number of hydrogen-bond acceptors (Lipinski definition) is 5. The van der Waals surface area contributed by atoms with E-state index in [1.807, 2.05) is 4.90 Å². The van der Waals surface area contributed by atoms with Crippen LogP contribution in [-0.2, 0) is 11.0 Å². The molecule has 1 N–H and O–H groups in total. The fourth-order valence-corrected chi connectivity index (χ4v) is 2.99. The van der Waals surface area contributed by atoms with Crippen LogP contribution in [0.3, 0.4) is 0 Å². The molecule has 0 saturated carbocycles. The predicted octanol–water partition coefficient (Wildman–Crippen LogP) is 2.52. The maximum atomic E-state index is 13.0. The third-order valence-corrected chi connectivity index (χ3v) is 4.48. The van der Waals surface area contributed by atoms with Crippen LogP contribution < -0.4 is 10.2 Å². The van der Waals surface area contributed by atoms with E-state index in [0.717, 1.165) is 4.52 Å². The average Bonchev–Trinajstić information content (AvgIpc) is 3.02. The Bertz CT molecular complexity index is 818. The molecular weight excluding hydrogens is 361 g/mol. The van der Waals surface area contributed by atoms with Crippen molar-refractivity contribution in [2.45, 2.75) is 39.8 Å². The van der Waals surface area contributed by atoms with Gasteiger partial charge in [-0.15, -0.1) is 15.3 Å². The summed E-state index contributed by atoms with van der Waals surface area (Å²) < 4.78 is 39.7. The molecule has 1 fully saturated rings. The van der Waals surface area contributed by atoms with Gasteiger partial charge in [0.1, 0.15) is 5.82 Å². The summed E-state index contributed by atoms with van der Waals surface area (Å²) in [5.74, 6) is -0.781. The quantitative estimate of drug-likeness (QED) is 0.880. The zero-order chi connectivity index (χ0) is 19.8. The first kappa shape index (κ1) is 19.4. The van der Waals surface area contributed by atoms with Gasteiger partial charge in [0.15, 0.2) is 5.65 Å². The lowest BCUT2D eigenvalue weighted by Crippen LogP contribution is -2.42. The van der Waals surface area contributed by atoms with Crippen molar-refractivity contribution >= 4 is 17.4 Å². The van der Waals surface area contributed by atoms with Gasteiger partial charge in [-0.2, -0.15) is 17.7 Å². The second-order valence-electron chi connectivity index (χ2n) is 8.02. The number of aromatic nitrogens is 4. The zero-order valence-corrected chi connectivity index (χ0v) is 15.5. The zero-order valence-electron chi connectivity index (χ0n) is 15.5. The lowest BCUT2D eigenvalue weighted by atomic mass is 9.93. The Morgan fingerprint density at radius 2 is 1.85 bits per heavy atom. The molecule has 1 aliphatic heterocycles. The standard InChI is InChI=1S/C17H23F3N6O/c1-16(2,3)10-21-14(27)11-6-8-25(9-7-11)13-5-4-12-22-23-15(17(18,19)20)26(12)24-13/h4-5,11H,6-10H2,1-3H3,(H,21,27). The Labute approximate surface area is 154 Å². The summed E-state index contributed by atoms with van der Waals surface area (Å²) >= 11 is 0. The Morgan fingerprint density at radius 1 is 1.19 bits per heavy atom. The molecule has 0 atom stereocenters. The van der Waals surface area contributed by atoms with Gasteiger partial charge in [0.25, 0.3) is 5.82 Å². The average molecular weight is 384 g/mol. The highest BCUT2D eigenvalue weighted by Gasteiger charge is 2.38. The largest absolute Gasteiger partial charge is 0.453 e. The van der Waals surface area contributed by atoms with Crippen LogP contribution in [0.2, 0.25) is 0 Å². The molecule has 2 aromatic rings. The van der Waals surface area contributed by atoms with Crippen molar-refractivity contribution in [1.82, 2.24) is 25.1 Å². The lowest BCUT2D eigenvalue weighted by molar-refractivity contribution is -0.146. The number of carbonyl (C=O) groups is 1. The molecule has 7 nitrogen and oxygen atoms in total. The lowest BCUT2D eigenvalue weighted by Gasteiger charge is -2.32. The summed E-state index contributed by atoms with van der Waals surface area (Å²) in [4.78, 5) is 14.2. The molecule has 1 amide bonds. The van der Waals surface area contributed by atoms with E-state index in [2.05, 4.69) is 41.4 Å². The van der Waals surface area contributed by atoms with Gasteiger partial charge in [-0.3, -0.25) is 4.79 Å². The van der Waals surface area contributed by atoms with E-state index < -0.39 is 12.0 Å². The molecule has 0 unspecified atom stereocenters. The van der Waals surface area contributed by atoms with Crippen molar-refractivity contribution in [2.24, 2.45) is 11.3 Å². The normalized spacial score (nSPS) is 16.7. The van der Waals surface area contributed by atoms with Gasteiger partial charge in [-0.25, -0.2) is 0 Å². The van der Waals surface area contributed by atoms with Crippen LogP contribution >= 0.6 is 0 Å². The Morgan fingerprint density at radius 3 is 2.44 bits per heavy atom. The van der Waals surface area contributed by atoms with Gasteiger partial charge in [-0.1, -0.05) is 20.8 Å². The first-order valence-electron chi connectivity index (χ1n) is 8.87. The summed E-state index contributed by atoms with van der Waals surface area (Å²) in [6.45, 7) is 7.87. The van der Waals surface area contributed by atoms with Crippen LogP contribution in [0.4, 0.5) is 19.0 Å². The number of hydrogen-bond donors (Lipinski definition) is 1. The number of amides is 1. The smallest absolute Gasteiger partial charge is 0.355 e. The highest BCUT2D eigenvalue weighted by Crippen LogP contribution is 2.28. The summed E-state index contributed by atoms with van der Waals surface area (Å²) in [7, 11) is 0. The third-order valence-electron chi connectivity index (χ3n) is 4.48. The number of fused-ring (bicyclic) bond motifs is 1. The van der Waals surface area contributed by atoms with Crippen LogP contribution in [0.25, 0.3) is 5.65 Å². The molecule has 148 valence electrons. The maximum Gasteiger partial charge on any atom is 0.453 e. The van der Waals surface area contributed by atoms with Gasteiger partial charge in [0, 0.05) is 25.6 Å². The fourth-order valence-electron chi connectivity index (χ4n) is 2.99. The van der Waals surface area contributed by atoms with E-state index >= 15 is 0 Å². The van der Waals surface area contributed by atoms with Crippen molar-refractivity contribution < 1.29 is 18.0 Å². The molecule has 10 heteroatoms. The summed E-state index contributed by atoms with van der Waals surface area (Å²) in [5, 5.41) is 13.7. The monoisotopic (exact) mass is 384 g/mol. The molecule has 0 spiro atoms.